The number of aromatic nitrogens is 3. The van der Waals surface area contributed by atoms with Gasteiger partial charge in [0.2, 0.25) is 0 Å². The number of nitrogens with one attached hydrogen (secondary N) is 1. The van der Waals surface area contributed by atoms with Crippen LogP contribution in [0.15, 0.2) is 53.4 Å². The number of fused-ring (bicyclic) bond motifs is 1. The maximum absolute atomic E-state index is 12.3. The second-order valence-electron chi connectivity index (χ2n) is 5.00. The van der Waals surface area contributed by atoms with Gasteiger partial charge in [-0.25, -0.2) is 4.98 Å². The van der Waals surface area contributed by atoms with Gasteiger partial charge in [-0.1, -0.05) is 46.8 Å². The third-order valence-corrected chi connectivity index (χ3v) is 4.67. The number of benzene rings is 1. The number of aryl methyl sites for hydroxylation is 1. The van der Waals surface area contributed by atoms with Crippen LogP contribution in [-0.4, -0.2) is 20.4 Å². The summed E-state index contributed by atoms with van der Waals surface area (Å²) in [6, 6.07) is 11.6. The molecule has 4 aromatic rings. The molecule has 1 amide bonds. The summed E-state index contributed by atoms with van der Waals surface area (Å²) in [5.41, 5.74) is 2.79. The quantitative estimate of drug-likeness (QED) is 0.625. The van der Waals surface area contributed by atoms with E-state index in [4.69, 9.17) is 4.52 Å². The number of nitrogens with zero attached hydrogens (tertiary/aromatic N) is 3. The number of rotatable bonds is 3. The molecule has 0 bridgehead atoms. The van der Waals surface area contributed by atoms with Gasteiger partial charge in [0, 0.05) is 23.5 Å². The Morgan fingerprint density at radius 3 is 2.78 bits per heavy atom. The molecule has 0 unspecified atom stereocenters. The average Bonchev–Trinajstić information content (AvgIpc) is 3.26. The molecule has 1 N–H and O–H groups in total. The number of carbonyl (C=O) groups excluding carboxylic acids is 1. The number of hydrogen-bond donors (Lipinski definition) is 1. The van der Waals surface area contributed by atoms with Gasteiger partial charge in [0.25, 0.3) is 5.91 Å². The molecule has 3 heterocycles. The fourth-order valence-electron chi connectivity index (χ4n) is 2.36. The zero-order chi connectivity index (χ0) is 15.8. The van der Waals surface area contributed by atoms with Crippen molar-refractivity contribution in [2.45, 2.75) is 6.92 Å². The van der Waals surface area contributed by atoms with E-state index in [0.717, 1.165) is 21.9 Å². The van der Waals surface area contributed by atoms with Crippen LogP contribution in [0.3, 0.4) is 0 Å². The third kappa shape index (κ3) is 2.40. The van der Waals surface area contributed by atoms with Crippen molar-refractivity contribution >= 4 is 28.0 Å². The molecule has 0 spiro atoms. The van der Waals surface area contributed by atoms with E-state index in [2.05, 4.69) is 15.5 Å². The number of hydrogen-bond acceptors (Lipinski definition) is 5. The van der Waals surface area contributed by atoms with E-state index in [0.29, 0.717) is 10.7 Å². The lowest BCUT2D eigenvalue weighted by atomic mass is 10.2. The van der Waals surface area contributed by atoms with Gasteiger partial charge in [0.05, 0.1) is 5.69 Å². The Balaban J connectivity index is 1.69. The summed E-state index contributed by atoms with van der Waals surface area (Å²) in [6.07, 6.45) is 3.36. The Morgan fingerprint density at radius 2 is 2.09 bits per heavy atom. The second-order valence-corrected chi connectivity index (χ2v) is 5.98. The molecule has 1 aromatic carbocycles. The fraction of sp³-hybridized carbons (Fsp3) is 0.0625. The molecule has 114 valence electrons. The molecule has 0 saturated carbocycles. The van der Waals surface area contributed by atoms with Crippen LogP contribution in [0, 0.1) is 6.92 Å². The number of amides is 1. The topological polar surface area (TPSA) is 72.4 Å². The lowest BCUT2D eigenvalue weighted by molar-refractivity contribution is 0.102. The molecule has 0 saturated heterocycles. The van der Waals surface area contributed by atoms with Gasteiger partial charge in [0.1, 0.15) is 11.1 Å². The Hall–Kier alpha value is -2.93. The number of carbonyl (C=O) groups is 1. The molecular formula is C16H12N4O2S. The van der Waals surface area contributed by atoms with Gasteiger partial charge in [0.15, 0.2) is 10.8 Å². The molecular weight excluding hydrogens is 312 g/mol. The average molecular weight is 324 g/mol. The van der Waals surface area contributed by atoms with Crippen LogP contribution in [0.2, 0.25) is 0 Å². The van der Waals surface area contributed by atoms with Crippen molar-refractivity contribution in [2.75, 3.05) is 5.32 Å². The highest BCUT2D eigenvalue weighted by atomic mass is 32.1. The maximum atomic E-state index is 12.3. The Morgan fingerprint density at radius 1 is 1.26 bits per heavy atom. The highest BCUT2D eigenvalue weighted by Gasteiger charge is 2.18. The van der Waals surface area contributed by atoms with Gasteiger partial charge < -0.3 is 9.84 Å². The van der Waals surface area contributed by atoms with E-state index in [1.165, 1.54) is 17.6 Å². The first kappa shape index (κ1) is 13.7. The second kappa shape index (κ2) is 5.36. The molecule has 0 fully saturated rings. The van der Waals surface area contributed by atoms with Crippen molar-refractivity contribution in [1.82, 2.24) is 14.5 Å². The molecule has 3 aromatic heterocycles. The first-order chi connectivity index (χ1) is 11.2. The summed E-state index contributed by atoms with van der Waals surface area (Å²) < 4.78 is 6.65. The summed E-state index contributed by atoms with van der Waals surface area (Å²) in [7, 11) is 0. The van der Waals surface area contributed by atoms with E-state index < -0.39 is 0 Å². The Labute approximate surface area is 135 Å². The van der Waals surface area contributed by atoms with Gasteiger partial charge in [-0.15, -0.1) is 0 Å². The lowest BCUT2D eigenvalue weighted by Crippen LogP contribution is -2.12. The summed E-state index contributed by atoms with van der Waals surface area (Å²) in [5, 5.41) is 6.38. The van der Waals surface area contributed by atoms with E-state index in [-0.39, 0.29) is 5.91 Å². The molecule has 0 aliphatic carbocycles. The molecule has 7 heteroatoms. The highest BCUT2D eigenvalue weighted by molar-refractivity contribution is 7.19. The third-order valence-electron chi connectivity index (χ3n) is 3.51. The van der Waals surface area contributed by atoms with Crippen LogP contribution in [-0.2, 0) is 0 Å². The number of thiazole rings is 1. The summed E-state index contributed by atoms with van der Waals surface area (Å²) in [4.78, 5) is 18.3. The number of imidazole rings is 1. The van der Waals surface area contributed by atoms with E-state index in [1.807, 2.05) is 47.9 Å². The monoisotopic (exact) mass is 324 g/mol. The van der Waals surface area contributed by atoms with Crippen LogP contribution < -0.4 is 5.32 Å². The largest absolute Gasteiger partial charge is 0.363 e. The standard InChI is InChI=1S/C16H12N4O2S/c1-10-14(15(21)18-13-7-8-22-19-13)23-16-17-12(9-20(10)16)11-5-3-2-4-6-11/h2-9H,1H3,(H,18,19,21). The Kier molecular flexibility index (Phi) is 3.20. The van der Waals surface area contributed by atoms with Crippen LogP contribution in [0.1, 0.15) is 15.4 Å². The predicted molar refractivity (Wildman–Crippen MR) is 87.7 cm³/mol. The van der Waals surface area contributed by atoms with Crippen molar-refractivity contribution in [3.05, 3.63) is 59.4 Å². The van der Waals surface area contributed by atoms with Crippen molar-refractivity contribution in [2.24, 2.45) is 0 Å². The SMILES string of the molecule is Cc1c(C(=O)Nc2ccon2)sc2nc(-c3ccccc3)cn12. The van der Waals surface area contributed by atoms with Gasteiger partial charge >= 0.3 is 0 Å². The molecule has 6 nitrogen and oxygen atoms in total. The molecule has 0 atom stereocenters. The lowest BCUT2D eigenvalue weighted by Gasteiger charge is -1.99. The minimum Gasteiger partial charge on any atom is -0.363 e. The van der Waals surface area contributed by atoms with Crippen molar-refractivity contribution < 1.29 is 9.32 Å². The molecule has 0 aliphatic rings. The normalized spacial score (nSPS) is 11.0. The van der Waals surface area contributed by atoms with Crippen LogP contribution >= 0.6 is 11.3 Å². The van der Waals surface area contributed by atoms with Gasteiger partial charge in [-0.3, -0.25) is 9.20 Å². The first-order valence-electron chi connectivity index (χ1n) is 6.98. The van der Waals surface area contributed by atoms with E-state index >= 15 is 0 Å². The summed E-state index contributed by atoms with van der Waals surface area (Å²) >= 11 is 1.35. The minimum absolute atomic E-state index is 0.215. The molecule has 0 radical (unpaired) electrons. The highest BCUT2D eigenvalue weighted by Crippen LogP contribution is 2.27. The fourth-order valence-corrected chi connectivity index (χ4v) is 3.36. The van der Waals surface area contributed by atoms with Crippen LogP contribution in [0.5, 0.6) is 0 Å². The summed E-state index contributed by atoms with van der Waals surface area (Å²) in [5.74, 6) is 0.179. The van der Waals surface area contributed by atoms with Crippen molar-refractivity contribution in [3.8, 4) is 11.3 Å². The minimum atomic E-state index is -0.215. The van der Waals surface area contributed by atoms with Crippen molar-refractivity contribution in [3.63, 3.8) is 0 Å². The molecule has 0 aliphatic heterocycles. The summed E-state index contributed by atoms with van der Waals surface area (Å²) in [6.45, 7) is 1.90. The molecule has 23 heavy (non-hydrogen) atoms. The van der Waals surface area contributed by atoms with E-state index in [1.54, 1.807) is 6.07 Å². The van der Waals surface area contributed by atoms with Crippen LogP contribution in [0.25, 0.3) is 16.2 Å². The number of anilines is 1. The van der Waals surface area contributed by atoms with Crippen LogP contribution in [0.4, 0.5) is 5.82 Å². The van der Waals surface area contributed by atoms with E-state index in [9.17, 15) is 4.79 Å². The Bertz CT molecular complexity index is 971. The molecule has 4 rings (SSSR count). The zero-order valence-electron chi connectivity index (χ0n) is 12.2. The van der Waals surface area contributed by atoms with Gasteiger partial charge in [-0.2, -0.15) is 0 Å². The first-order valence-corrected chi connectivity index (χ1v) is 7.79. The van der Waals surface area contributed by atoms with Crippen molar-refractivity contribution in [1.29, 1.82) is 0 Å². The van der Waals surface area contributed by atoms with Gasteiger partial charge in [-0.05, 0) is 6.92 Å². The zero-order valence-corrected chi connectivity index (χ0v) is 13.0. The predicted octanol–water partition coefficient (Wildman–Crippen LogP) is 3.61. The smallest absolute Gasteiger partial charge is 0.268 e. The maximum Gasteiger partial charge on any atom is 0.268 e.